The number of rotatable bonds is 1. The second kappa shape index (κ2) is 6.78. The lowest BCUT2D eigenvalue weighted by Gasteiger charge is -2.37. The zero-order chi connectivity index (χ0) is 15.4. The summed E-state index contributed by atoms with van der Waals surface area (Å²) < 4.78 is 0. The number of amides is 1. The molecule has 1 aliphatic rings. The van der Waals surface area contributed by atoms with E-state index in [0.717, 1.165) is 36.1 Å². The van der Waals surface area contributed by atoms with Crippen LogP contribution in [-0.4, -0.2) is 35.1 Å². The molecule has 1 saturated heterocycles. The van der Waals surface area contributed by atoms with E-state index in [1.165, 1.54) is 0 Å². The van der Waals surface area contributed by atoms with Crippen molar-refractivity contribution in [2.24, 2.45) is 5.92 Å². The van der Waals surface area contributed by atoms with Crippen LogP contribution in [-0.2, 0) is 0 Å². The molecule has 0 aromatic heterocycles. The van der Waals surface area contributed by atoms with Crippen LogP contribution in [0.2, 0.25) is 0 Å². The number of aliphatic hydroxyl groups is 1. The minimum atomic E-state index is -0.168. The lowest BCUT2D eigenvalue weighted by atomic mass is 9.92. The topological polar surface area (TPSA) is 40.5 Å². The summed E-state index contributed by atoms with van der Waals surface area (Å²) in [4.78, 5) is 14.8. The van der Waals surface area contributed by atoms with Crippen LogP contribution in [0.3, 0.4) is 0 Å². The van der Waals surface area contributed by atoms with Gasteiger partial charge in [-0.1, -0.05) is 24.8 Å². The molecule has 3 heteroatoms. The first-order chi connectivity index (χ1) is 10.0. The SMILES string of the molecule is Cc1c(C#CCO)cccc1C(=O)N1CCC(C)CC1C. The maximum absolute atomic E-state index is 12.8. The largest absolute Gasteiger partial charge is 0.384 e. The van der Waals surface area contributed by atoms with Gasteiger partial charge in [-0.05, 0) is 50.3 Å². The highest BCUT2D eigenvalue weighted by atomic mass is 16.2. The van der Waals surface area contributed by atoms with Crippen molar-refractivity contribution in [3.8, 4) is 11.8 Å². The average Bonchev–Trinajstić information content (AvgIpc) is 2.45. The third-order valence-corrected chi connectivity index (χ3v) is 4.27. The summed E-state index contributed by atoms with van der Waals surface area (Å²) in [7, 11) is 0. The first-order valence-corrected chi connectivity index (χ1v) is 7.55. The Balaban J connectivity index is 2.27. The number of carbonyl (C=O) groups is 1. The van der Waals surface area contributed by atoms with Gasteiger partial charge >= 0.3 is 0 Å². The second-order valence-corrected chi connectivity index (χ2v) is 5.92. The molecule has 21 heavy (non-hydrogen) atoms. The van der Waals surface area contributed by atoms with Crippen molar-refractivity contribution in [2.45, 2.75) is 39.7 Å². The van der Waals surface area contributed by atoms with Crippen LogP contribution in [0.25, 0.3) is 0 Å². The molecule has 0 bridgehead atoms. The van der Waals surface area contributed by atoms with E-state index in [1.54, 1.807) is 0 Å². The number of carbonyl (C=O) groups excluding carboxylic acids is 1. The van der Waals surface area contributed by atoms with Gasteiger partial charge in [0.15, 0.2) is 0 Å². The second-order valence-electron chi connectivity index (χ2n) is 5.92. The highest BCUT2D eigenvalue weighted by molar-refractivity contribution is 5.96. The Hall–Kier alpha value is -1.79. The zero-order valence-corrected chi connectivity index (χ0v) is 13.0. The Kier molecular flexibility index (Phi) is 5.03. The predicted octanol–water partition coefficient (Wildman–Crippen LogP) is 2.60. The van der Waals surface area contributed by atoms with Gasteiger partial charge in [0.25, 0.3) is 5.91 Å². The summed E-state index contributed by atoms with van der Waals surface area (Å²) in [5, 5.41) is 8.81. The van der Waals surface area contributed by atoms with E-state index in [0.29, 0.717) is 5.92 Å². The van der Waals surface area contributed by atoms with Crippen molar-refractivity contribution in [1.82, 2.24) is 4.90 Å². The van der Waals surface area contributed by atoms with Crippen LogP contribution in [0.15, 0.2) is 18.2 Å². The fourth-order valence-electron chi connectivity index (χ4n) is 3.00. The first-order valence-electron chi connectivity index (χ1n) is 7.55. The van der Waals surface area contributed by atoms with Gasteiger partial charge in [0.1, 0.15) is 6.61 Å². The molecule has 1 aromatic carbocycles. The van der Waals surface area contributed by atoms with Crippen molar-refractivity contribution in [2.75, 3.05) is 13.2 Å². The molecule has 2 atom stereocenters. The third-order valence-electron chi connectivity index (χ3n) is 4.27. The molecular weight excluding hydrogens is 262 g/mol. The van der Waals surface area contributed by atoms with E-state index in [2.05, 4.69) is 25.7 Å². The van der Waals surface area contributed by atoms with Crippen LogP contribution in [0.4, 0.5) is 0 Å². The Morgan fingerprint density at radius 2 is 2.19 bits per heavy atom. The average molecular weight is 285 g/mol. The van der Waals surface area contributed by atoms with Crippen molar-refractivity contribution >= 4 is 5.91 Å². The van der Waals surface area contributed by atoms with Crippen LogP contribution >= 0.6 is 0 Å². The molecule has 0 radical (unpaired) electrons. The van der Waals surface area contributed by atoms with Crippen LogP contribution < -0.4 is 0 Å². The molecule has 3 nitrogen and oxygen atoms in total. The fourth-order valence-corrected chi connectivity index (χ4v) is 3.00. The number of hydrogen-bond donors (Lipinski definition) is 1. The van der Waals surface area contributed by atoms with Crippen molar-refractivity contribution < 1.29 is 9.90 Å². The zero-order valence-electron chi connectivity index (χ0n) is 13.0. The molecule has 2 unspecified atom stereocenters. The minimum Gasteiger partial charge on any atom is -0.384 e. The molecule has 1 aliphatic heterocycles. The van der Waals surface area contributed by atoms with Gasteiger partial charge in [-0.3, -0.25) is 4.79 Å². The van der Waals surface area contributed by atoms with Gasteiger partial charge in [-0.25, -0.2) is 0 Å². The van der Waals surface area contributed by atoms with Gasteiger partial charge < -0.3 is 10.0 Å². The number of piperidine rings is 1. The van der Waals surface area contributed by atoms with E-state index in [-0.39, 0.29) is 18.6 Å². The first kappa shape index (κ1) is 15.6. The van der Waals surface area contributed by atoms with Gasteiger partial charge in [0, 0.05) is 23.7 Å². The maximum Gasteiger partial charge on any atom is 0.254 e. The number of aliphatic hydroxyl groups excluding tert-OH is 1. The lowest BCUT2D eigenvalue weighted by molar-refractivity contribution is 0.0588. The van der Waals surface area contributed by atoms with Crippen molar-refractivity contribution in [1.29, 1.82) is 0 Å². The van der Waals surface area contributed by atoms with Crippen LogP contribution in [0.1, 0.15) is 48.2 Å². The summed E-state index contributed by atoms with van der Waals surface area (Å²) in [6.45, 7) is 6.95. The molecule has 2 rings (SSSR count). The molecule has 1 fully saturated rings. The summed E-state index contributed by atoms with van der Waals surface area (Å²) in [6, 6.07) is 5.90. The molecule has 1 amide bonds. The monoisotopic (exact) mass is 285 g/mol. The highest BCUT2D eigenvalue weighted by Gasteiger charge is 2.28. The molecule has 0 saturated carbocycles. The van der Waals surface area contributed by atoms with E-state index in [4.69, 9.17) is 5.11 Å². The van der Waals surface area contributed by atoms with Crippen LogP contribution in [0.5, 0.6) is 0 Å². The predicted molar refractivity (Wildman–Crippen MR) is 84.0 cm³/mol. The minimum absolute atomic E-state index is 0.0968. The maximum atomic E-state index is 12.8. The van der Waals surface area contributed by atoms with E-state index in [1.807, 2.05) is 30.0 Å². The number of likely N-dealkylation sites (tertiary alicyclic amines) is 1. The number of hydrogen-bond acceptors (Lipinski definition) is 2. The lowest BCUT2D eigenvalue weighted by Crippen LogP contribution is -2.44. The van der Waals surface area contributed by atoms with Gasteiger partial charge in [-0.2, -0.15) is 0 Å². The summed E-state index contributed by atoms with van der Waals surface area (Å²) >= 11 is 0. The van der Waals surface area contributed by atoms with E-state index < -0.39 is 0 Å². The number of benzene rings is 1. The molecular formula is C18H23NO2. The van der Waals surface area contributed by atoms with Crippen molar-refractivity contribution in [3.63, 3.8) is 0 Å². The molecule has 112 valence electrons. The molecule has 0 spiro atoms. The van der Waals surface area contributed by atoms with Crippen LogP contribution in [0, 0.1) is 24.7 Å². The Morgan fingerprint density at radius 3 is 2.86 bits per heavy atom. The Bertz CT molecular complexity index is 583. The third kappa shape index (κ3) is 3.46. The molecule has 0 aliphatic carbocycles. The highest BCUT2D eigenvalue weighted by Crippen LogP contribution is 2.25. The Labute approximate surface area is 127 Å². The molecule has 1 heterocycles. The molecule has 1 N–H and O–H groups in total. The Morgan fingerprint density at radius 1 is 1.43 bits per heavy atom. The van der Waals surface area contributed by atoms with E-state index in [9.17, 15) is 4.79 Å². The quantitative estimate of drug-likeness (QED) is 0.806. The number of nitrogens with zero attached hydrogens (tertiary/aromatic N) is 1. The van der Waals surface area contributed by atoms with E-state index >= 15 is 0 Å². The van der Waals surface area contributed by atoms with Gasteiger partial charge in [-0.15, -0.1) is 0 Å². The summed E-state index contributed by atoms with van der Waals surface area (Å²) in [5.74, 6) is 6.34. The summed E-state index contributed by atoms with van der Waals surface area (Å²) in [6.07, 6.45) is 2.13. The standard InChI is InChI=1S/C18H23NO2/c1-13-9-10-19(14(2)12-13)18(21)17-8-4-6-16(15(17)3)7-5-11-20/h4,6,8,13-14,20H,9-12H2,1-3H3. The van der Waals surface area contributed by atoms with Gasteiger partial charge in [0.05, 0.1) is 0 Å². The molecule has 1 aromatic rings. The van der Waals surface area contributed by atoms with Gasteiger partial charge in [0.2, 0.25) is 0 Å². The smallest absolute Gasteiger partial charge is 0.254 e. The van der Waals surface area contributed by atoms with Crippen molar-refractivity contribution in [3.05, 3.63) is 34.9 Å². The normalized spacial score (nSPS) is 21.6. The fraction of sp³-hybridized carbons (Fsp3) is 0.500. The summed E-state index contributed by atoms with van der Waals surface area (Å²) in [5.41, 5.74) is 2.43.